The highest BCUT2D eigenvalue weighted by atomic mass is 32.2. The van der Waals surface area contributed by atoms with Gasteiger partial charge in [-0.1, -0.05) is 24.3 Å². The van der Waals surface area contributed by atoms with Crippen molar-refractivity contribution in [3.8, 4) is 11.3 Å². The Hall–Kier alpha value is -3.48. The normalized spacial score (nSPS) is 16.8. The van der Waals surface area contributed by atoms with E-state index in [9.17, 15) is 39.2 Å². The first-order valence-corrected chi connectivity index (χ1v) is 12.1. The number of rotatable bonds is 5. The summed E-state index contributed by atoms with van der Waals surface area (Å²) in [4.78, 5) is 4.07. The molecule has 2 heterocycles. The zero-order chi connectivity index (χ0) is 26.5. The van der Waals surface area contributed by atoms with E-state index >= 15 is 0 Å². The van der Waals surface area contributed by atoms with E-state index in [4.69, 9.17) is 0 Å². The fraction of sp³-hybridized carbons (Fsp3) is 0.217. The first kappa shape index (κ1) is 25.6. The molecule has 0 saturated heterocycles. The molecule has 1 unspecified atom stereocenters. The van der Waals surface area contributed by atoms with E-state index in [1.54, 1.807) is 0 Å². The third-order valence-corrected chi connectivity index (χ3v) is 6.44. The molecule has 0 bridgehead atoms. The van der Waals surface area contributed by atoms with Crippen LogP contribution in [0.4, 0.5) is 36.4 Å². The molecule has 4 rings (SSSR count). The smallest absolute Gasteiger partial charge is 0.255 e. The minimum atomic E-state index is -5.94. The van der Waals surface area contributed by atoms with Crippen molar-refractivity contribution < 1.29 is 39.2 Å². The van der Waals surface area contributed by atoms with Crippen molar-refractivity contribution in [2.45, 2.75) is 29.6 Å². The van der Waals surface area contributed by atoms with Crippen molar-refractivity contribution in [1.29, 1.82) is 0 Å². The molecule has 0 fully saturated rings. The van der Waals surface area contributed by atoms with E-state index in [1.165, 1.54) is 42.5 Å². The fourth-order valence-corrected chi connectivity index (χ4v) is 4.29. The summed E-state index contributed by atoms with van der Waals surface area (Å²) in [6.07, 6.45) is -5.89. The predicted octanol–water partition coefficient (Wildman–Crippen LogP) is 5.94. The second kappa shape index (κ2) is 8.87. The van der Waals surface area contributed by atoms with Gasteiger partial charge in [-0.15, -0.1) is 0 Å². The minimum absolute atomic E-state index is 0.166. The Morgan fingerprint density at radius 1 is 0.944 bits per heavy atom. The Morgan fingerprint density at radius 3 is 2.28 bits per heavy atom. The van der Waals surface area contributed by atoms with Gasteiger partial charge < -0.3 is 0 Å². The Morgan fingerprint density at radius 2 is 1.64 bits per heavy atom. The van der Waals surface area contributed by atoms with Gasteiger partial charge in [-0.05, 0) is 35.9 Å². The van der Waals surface area contributed by atoms with E-state index in [0.717, 1.165) is 18.4 Å². The highest BCUT2D eigenvalue weighted by Gasteiger charge is 2.63. The SMILES string of the molecule is CS(=O)(=O)c1cccc(-c2cccc(C3CC(C(F)(F)C(F)(F)F)=NN3c3ccc(F)cc3F)c2)n1. The predicted molar refractivity (Wildman–Crippen MR) is 117 cm³/mol. The fourth-order valence-electron chi connectivity index (χ4n) is 3.70. The van der Waals surface area contributed by atoms with E-state index < -0.39 is 57.4 Å². The van der Waals surface area contributed by atoms with Crippen LogP contribution in [0.5, 0.6) is 0 Å². The van der Waals surface area contributed by atoms with Gasteiger partial charge in [0.15, 0.2) is 20.7 Å². The maximum Gasteiger partial charge on any atom is 0.459 e. The van der Waals surface area contributed by atoms with Gasteiger partial charge >= 0.3 is 12.1 Å². The Labute approximate surface area is 200 Å². The number of alkyl halides is 5. The lowest BCUT2D eigenvalue weighted by Gasteiger charge is -2.25. The third kappa shape index (κ3) is 4.79. The quantitative estimate of drug-likeness (QED) is 0.383. The first-order valence-electron chi connectivity index (χ1n) is 10.2. The maximum absolute atomic E-state index is 14.5. The highest BCUT2D eigenvalue weighted by Crippen LogP contribution is 2.45. The van der Waals surface area contributed by atoms with Crippen molar-refractivity contribution in [3.05, 3.63) is 77.9 Å². The van der Waals surface area contributed by atoms with Gasteiger partial charge in [0.05, 0.1) is 17.4 Å². The third-order valence-electron chi connectivity index (χ3n) is 5.46. The van der Waals surface area contributed by atoms with E-state index in [-0.39, 0.29) is 16.3 Å². The van der Waals surface area contributed by atoms with E-state index in [1.807, 2.05) is 0 Å². The number of hydrogen-bond acceptors (Lipinski definition) is 5. The Balaban J connectivity index is 1.81. The molecule has 5 nitrogen and oxygen atoms in total. The summed E-state index contributed by atoms with van der Waals surface area (Å²) < 4.78 is 119. The molecular weight excluding hydrogens is 515 g/mol. The van der Waals surface area contributed by atoms with Gasteiger partial charge in [0.25, 0.3) is 0 Å². The second-order valence-corrected chi connectivity index (χ2v) is 10.0. The zero-order valence-corrected chi connectivity index (χ0v) is 19.1. The highest BCUT2D eigenvalue weighted by molar-refractivity contribution is 7.90. The Bertz CT molecular complexity index is 1460. The molecule has 1 aliphatic heterocycles. The van der Waals surface area contributed by atoms with Crippen LogP contribution in [-0.2, 0) is 9.84 Å². The number of aromatic nitrogens is 1. The summed E-state index contributed by atoms with van der Waals surface area (Å²) in [7, 11) is -3.65. The van der Waals surface area contributed by atoms with Gasteiger partial charge in [0.1, 0.15) is 11.5 Å². The number of hydrogen-bond donors (Lipinski definition) is 0. The molecule has 2 aromatic carbocycles. The average molecular weight is 531 g/mol. The molecule has 0 spiro atoms. The average Bonchev–Trinajstić information content (AvgIpc) is 3.24. The summed E-state index contributed by atoms with van der Waals surface area (Å²) in [5, 5.41) is 3.85. The van der Waals surface area contributed by atoms with Crippen LogP contribution in [0.25, 0.3) is 11.3 Å². The van der Waals surface area contributed by atoms with E-state index in [2.05, 4.69) is 10.1 Å². The van der Waals surface area contributed by atoms with Gasteiger partial charge in [0, 0.05) is 24.3 Å². The summed E-state index contributed by atoms with van der Waals surface area (Å²) in [5.74, 6) is -7.48. The monoisotopic (exact) mass is 531 g/mol. The number of halogens is 7. The summed E-state index contributed by atoms with van der Waals surface area (Å²) >= 11 is 0. The molecule has 1 atom stereocenters. The molecule has 3 aromatic rings. The van der Waals surface area contributed by atoms with Crippen molar-refractivity contribution in [2.75, 3.05) is 11.3 Å². The standard InChI is InChI=1S/C23H16F7N3O2S/c1-36(34,35)21-7-3-6-17(31-21)13-4-2-5-14(10-13)19-12-20(22(26,27)23(28,29)30)32-33(19)18-9-8-15(24)11-16(18)25/h2-11,19H,12H2,1H3. The number of sulfone groups is 1. The van der Waals surface area contributed by atoms with Crippen LogP contribution in [0.3, 0.4) is 0 Å². The van der Waals surface area contributed by atoms with Crippen molar-refractivity contribution in [3.63, 3.8) is 0 Å². The molecule has 0 aliphatic carbocycles. The summed E-state index contributed by atoms with van der Waals surface area (Å²) in [6.45, 7) is 0. The Kier molecular flexibility index (Phi) is 6.31. The maximum atomic E-state index is 14.5. The number of anilines is 1. The minimum Gasteiger partial charge on any atom is -0.255 e. The van der Waals surface area contributed by atoms with Gasteiger partial charge in [0.2, 0.25) is 0 Å². The van der Waals surface area contributed by atoms with Crippen LogP contribution in [0, 0.1) is 11.6 Å². The van der Waals surface area contributed by atoms with Crippen molar-refractivity contribution in [1.82, 2.24) is 4.98 Å². The molecule has 13 heteroatoms. The van der Waals surface area contributed by atoms with Crippen LogP contribution in [-0.4, -0.2) is 37.5 Å². The largest absolute Gasteiger partial charge is 0.459 e. The molecule has 0 saturated carbocycles. The molecule has 0 amide bonds. The topological polar surface area (TPSA) is 62.6 Å². The first-order chi connectivity index (χ1) is 16.7. The number of benzene rings is 2. The van der Waals surface area contributed by atoms with Crippen LogP contribution in [0.2, 0.25) is 0 Å². The van der Waals surface area contributed by atoms with Crippen LogP contribution in [0.1, 0.15) is 18.0 Å². The molecule has 1 aliphatic rings. The molecule has 0 N–H and O–H groups in total. The molecule has 36 heavy (non-hydrogen) atoms. The lowest BCUT2D eigenvalue weighted by Crippen LogP contribution is -2.43. The second-order valence-electron chi connectivity index (χ2n) is 8.04. The summed E-state index contributed by atoms with van der Waals surface area (Å²) in [5.41, 5.74) is -1.35. The van der Waals surface area contributed by atoms with E-state index in [0.29, 0.717) is 16.6 Å². The molecule has 0 radical (unpaired) electrons. The van der Waals surface area contributed by atoms with Gasteiger partial charge in [-0.3, -0.25) is 5.01 Å². The lowest BCUT2D eigenvalue weighted by molar-refractivity contribution is -0.249. The number of nitrogens with zero attached hydrogens (tertiary/aromatic N) is 3. The molecule has 1 aromatic heterocycles. The van der Waals surface area contributed by atoms with Gasteiger partial charge in [-0.25, -0.2) is 22.2 Å². The van der Waals surface area contributed by atoms with Crippen molar-refractivity contribution in [2.24, 2.45) is 5.10 Å². The number of pyridine rings is 1. The molecular formula is C23H16F7N3O2S. The zero-order valence-electron chi connectivity index (χ0n) is 18.3. The van der Waals surface area contributed by atoms with Crippen LogP contribution in [0.15, 0.2) is 70.8 Å². The molecule has 190 valence electrons. The van der Waals surface area contributed by atoms with Crippen LogP contribution < -0.4 is 5.01 Å². The number of hydrazone groups is 1. The summed E-state index contributed by atoms with van der Waals surface area (Å²) in [6, 6.07) is 10.8. The van der Waals surface area contributed by atoms with Gasteiger partial charge in [-0.2, -0.15) is 27.1 Å². The van der Waals surface area contributed by atoms with Crippen molar-refractivity contribution >= 4 is 21.2 Å². The lowest BCUT2D eigenvalue weighted by atomic mass is 9.96. The van der Waals surface area contributed by atoms with Crippen LogP contribution >= 0.6 is 0 Å².